The maximum atomic E-state index is 14.5. The molecular formula is C26H28FNO8. The molecule has 1 heterocycles. The molecule has 0 aliphatic carbocycles. The molecule has 0 spiro atoms. The van der Waals surface area contributed by atoms with E-state index in [-0.39, 0.29) is 31.0 Å². The lowest BCUT2D eigenvalue weighted by atomic mass is 10.1. The standard InChI is InChI=1S/C26H28FNO8/c1-16(29)35-22(25(32)36-26(2,3)4)21-23(30)28(12-13-33-21)18-10-11-20(27)19(14-18)24(31)34-15-17-8-6-5-7-9-17/h5-11,14,21-22H,12-13,15H2,1-4H3. The summed E-state index contributed by atoms with van der Waals surface area (Å²) in [6.45, 7) is 5.97. The molecule has 1 aliphatic heterocycles. The van der Waals surface area contributed by atoms with E-state index in [9.17, 15) is 23.6 Å². The number of amides is 1. The van der Waals surface area contributed by atoms with Crippen LogP contribution in [-0.2, 0) is 39.9 Å². The Morgan fingerprint density at radius 3 is 2.47 bits per heavy atom. The van der Waals surface area contributed by atoms with Gasteiger partial charge >= 0.3 is 17.9 Å². The third kappa shape index (κ3) is 6.88. The van der Waals surface area contributed by atoms with Crippen molar-refractivity contribution in [1.29, 1.82) is 0 Å². The van der Waals surface area contributed by atoms with Crippen molar-refractivity contribution in [3.05, 3.63) is 65.5 Å². The average Bonchev–Trinajstić information content (AvgIpc) is 2.81. The van der Waals surface area contributed by atoms with Gasteiger partial charge in [-0.05, 0) is 44.5 Å². The van der Waals surface area contributed by atoms with Crippen molar-refractivity contribution in [2.45, 2.75) is 52.1 Å². The first-order valence-electron chi connectivity index (χ1n) is 11.3. The number of carbonyl (C=O) groups excluding carboxylic acids is 4. The molecule has 1 amide bonds. The van der Waals surface area contributed by atoms with Gasteiger partial charge in [-0.3, -0.25) is 9.59 Å². The van der Waals surface area contributed by atoms with Gasteiger partial charge in [0.15, 0.2) is 6.10 Å². The van der Waals surface area contributed by atoms with Crippen LogP contribution in [-0.4, -0.2) is 54.8 Å². The van der Waals surface area contributed by atoms with Crippen molar-refractivity contribution in [1.82, 2.24) is 0 Å². The fourth-order valence-corrected chi connectivity index (χ4v) is 3.49. The monoisotopic (exact) mass is 501 g/mol. The van der Waals surface area contributed by atoms with Crippen molar-refractivity contribution >= 4 is 29.5 Å². The van der Waals surface area contributed by atoms with Crippen LogP contribution in [0.4, 0.5) is 10.1 Å². The highest BCUT2D eigenvalue weighted by Gasteiger charge is 2.44. The minimum Gasteiger partial charge on any atom is -0.457 e. The molecule has 192 valence electrons. The SMILES string of the molecule is CC(=O)OC(C(=O)OC(C)(C)C)C1OCCN(c2ccc(F)c(C(=O)OCc3ccccc3)c2)C1=O. The summed E-state index contributed by atoms with van der Waals surface area (Å²) in [6.07, 6.45) is -3.14. The van der Waals surface area contributed by atoms with Gasteiger partial charge in [-0.1, -0.05) is 30.3 Å². The van der Waals surface area contributed by atoms with Crippen LogP contribution in [0, 0.1) is 5.82 Å². The largest absolute Gasteiger partial charge is 0.457 e. The number of nitrogens with zero attached hydrogens (tertiary/aromatic N) is 1. The third-order valence-electron chi connectivity index (χ3n) is 5.02. The first-order valence-corrected chi connectivity index (χ1v) is 11.3. The van der Waals surface area contributed by atoms with E-state index in [0.717, 1.165) is 18.6 Å². The first kappa shape index (κ1) is 26.8. The van der Waals surface area contributed by atoms with Gasteiger partial charge in [0.05, 0.1) is 12.2 Å². The zero-order valence-corrected chi connectivity index (χ0v) is 20.5. The molecule has 0 aromatic heterocycles. The molecule has 2 aromatic carbocycles. The van der Waals surface area contributed by atoms with Gasteiger partial charge in [0, 0.05) is 19.2 Å². The Balaban J connectivity index is 1.81. The minimum absolute atomic E-state index is 0.0118. The molecule has 2 atom stereocenters. The van der Waals surface area contributed by atoms with Crippen LogP contribution in [0.2, 0.25) is 0 Å². The molecule has 0 radical (unpaired) electrons. The zero-order valence-electron chi connectivity index (χ0n) is 20.5. The highest BCUT2D eigenvalue weighted by Crippen LogP contribution is 2.25. The van der Waals surface area contributed by atoms with Crippen LogP contribution in [0.25, 0.3) is 0 Å². The molecule has 3 rings (SSSR count). The third-order valence-corrected chi connectivity index (χ3v) is 5.02. The second kappa shape index (κ2) is 11.3. The van der Waals surface area contributed by atoms with Gasteiger partial charge in [-0.25, -0.2) is 14.0 Å². The fourth-order valence-electron chi connectivity index (χ4n) is 3.49. The quantitative estimate of drug-likeness (QED) is 0.421. The van der Waals surface area contributed by atoms with Crippen LogP contribution in [0.5, 0.6) is 0 Å². The fraction of sp³-hybridized carbons (Fsp3) is 0.385. The lowest BCUT2D eigenvalue weighted by molar-refractivity contribution is -0.188. The van der Waals surface area contributed by atoms with E-state index in [0.29, 0.717) is 0 Å². The Kier molecular flexibility index (Phi) is 8.41. The van der Waals surface area contributed by atoms with Crippen molar-refractivity contribution in [3.8, 4) is 0 Å². The molecule has 9 nitrogen and oxygen atoms in total. The summed E-state index contributed by atoms with van der Waals surface area (Å²) in [4.78, 5) is 51.4. The molecule has 0 N–H and O–H groups in total. The van der Waals surface area contributed by atoms with Gasteiger partial charge in [-0.15, -0.1) is 0 Å². The van der Waals surface area contributed by atoms with E-state index in [1.165, 1.54) is 17.0 Å². The Bertz CT molecular complexity index is 1130. The summed E-state index contributed by atoms with van der Waals surface area (Å²) in [5.41, 5.74) is -0.346. The molecule has 1 saturated heterocycles. The summed E-state index contributed by atoms with van der Waals surface area (Å²) in [5, 5.41) is 0. The molecule has 2 aromatic rings. The summed E-state index contributed by atoms with van der Waals surface area (Å²) in [7, 11) is 0. The maximum Gasteiger partial charge on any atom is 0.351 e. The number of hydrogen-bond donors (Lipinski definition) is 0. The summed E-state index contributed by atoms with van der Waals surface area (Å²) < 4.78 is 35.6. The minimum atomic E-state index is -1.65. The Morgan fingerprint density at radius 1 is 1.14 bits per heavy atom. The van der Waals surface area contributed by atoms with Gasteiger partial charge in [0.1, 0.15) is 18.0 Å². The van der Waals surface area contributed by atoms with Crippen LogP contribution in [0.15, 0.2) is 48.5 Å². The highest BCUT2D eigenvalue weighted by atomic mass is 19.1. The topological polar surface area (TPSA) is 108 Å². The number of carbonyl (C=O) groups is 4. The number of ether oxygens (including phenoxy) is 4. The second-order valence-electron chi connectivity index (χ2n) is 9.07. The summed E-state index contributed by atoms with van der Waals surface area (Å²) in [5.74, 6) is -4.18. The van der Waals surface area contributed by atoms with Gasteiger partial charge in [0.25, 0.3) is 5.91 Å². The van der Waals surface area contributed by atoms with E-state index in [1.807, 2.05) is 6.07 Å². The van der Waals surface area contributed by atoms with Crippen molar-refractivity contribution < 1.29 is 42.5 Å². The van der Waals surface area contributed by atoms with Crippen LogP contribution in [0.3, 0.4) is 0 Å². The normalized spacial score (nSPS) is 16.8. The number of hydrogen-bond acceptors (Lipinski definition) is 8. The van der Waals surface area contributed by atoms with Crippen molar-refractivity contribution in [2.24, 2.45) is 0 Å². The predicted octanol–water partition coefficient (Wildman–Crippen LogP) is 3.19. The smallest absolute Gasteiger partial charge is 0.351 e. The Hall–Kier alpha value is -3.79. The molecular weight excluding hydrogens is 473 g/mol. The van der Waals surface area contributed by atoms with E-state index in [2.05, 4.69) is 0 Å². The predicted molar refractivity (Wildman–Crippen MR) is 125 cm³/mol. The van der Waals surface area contributed by atoms with Crippen LogP contribution < -0.4 is 4.90 Å². The number of anilines is 1. The average molecular weight is 502 g/mol. The van der Waals surface area contributed by atoms with Gasteiger partial charge < -0.3 is 23.8 Å². The maximum absolute atomic E-state index is 14.5. The summed E-state index contributed by atoms with van der Waals surface area (Å²) in [6, 6.07) is 12.5. The molecule has 1 fully saturated rings. The van der Waals surface area contributed by atoms with Crippen molar-refractivity contribution in [2.75, 3.05) is 18.1 Å². The Morgan fingerprint density at radius 2 is 1.83 bits per heavy atom. The number of halogens is 1. The van der Waals surface area contributed by atoms with Gasteiger partial charge in [0.2, 0.25) is 6.10 Å². The zero-order chi connectivity index (χ0) is 26.5. The number of benzene rings is 2. The highest BCUT2D eigenvalue weighted by molar-refractivity contribution is 6.01. The number of esters is 3. The molecule has 1 aliphatic rings. The number of morpholine rings is 1. The molecule has 2 unspecified atom stereocenters. The van der Waals surface area contributed by atoms with Gasteiger partial charge in [-0.2, -0.15) is 0 Å². The van der Waals surface area contributed by atoms with E-state index >= 15 is 0 Å². The first-order chi connectivity index (χ1) is 17.0. The Labute approximate surface area is 208 Å². The van der Waals surface area contributed by atoms with Crippen molar-refractivity contribution in [3.63, 3.8) is 0 Å². The number of rotatable bonds is 7. The van der Waals surface area contributed by atoms with Crippen LogP contribution in [0.1, 0.15) is 43.6 Å². The lowest BCUT2D eigenvalue weighted by Crippen LogP contribution is -2.56. The van der Waals surface area contributed by atoms with Crippen LogP contribution >= 0.6 is 0 Å². The van der Waals surface area contributed by atoms with E-state index < -0.39 is 47.4 Å². The molecule has 10 heteroatoms. The molecule has 0 bridgehead atoms. The molecule has 36 heavy (non-hydrogen) atoms. The second-order valence-corrected chi connectivity index (χ2v) is 9.07. The lowest BCUT2D eigenvalue weighted by Gasteiger charge is -2.35. The summed E-state index contributed by atoms with van der Waals surface area (Å²) >= 11 is 0. The van der Waals surface area contributed by atoms with E-state index in [4.69, 9.17) is 18.9 Å². The molecule has 0 saturated carbocycles. The van der Waals surface area contributed by atoms with E-state index in [1.54, 1.807) is 45.0 Å².